The van der Waals surface area contributed by atoms with Crippen molar-refractivity contribution in [1.82, 2.24) is 0 Å². The maximum atomic E-state index is 9.34. The molecule has 0 bridgehead atoms. The van der Waals surface area contributed by atoms with Gasteiger partial charge in [-0.3, -0.25) is 0 Å². The average Bonchev–Trinajstić information content (AvgIpc) is 3.10. The summed E-state index contributed by atoms with van der Waals surface area (Å²) in [5.74, 6) is 0.885. The van der Waals surface area contributed by atoms with Gasteiger partial charge in [-0.15, -0.1) is 0 Å². The van der Waals surface area contributed by atoms with Crippen LogP contribution < -0.4 is 0 Å². The van der Waals surface area contributed by atoms with Crippen LogP contribution in [-0.4, -0.2) is 24.9 Å². The van der Waals surface area contributed by atoms with E-state index in [4.69, 9.17) is 4.74 Å². The summed E-state index contributed by atoms with van der Waals surface area (Å²) in [6.07, 6.45) is 2.62. The van der Waals surface area contributed by atoms with Crippen molar-refractivity contribution in [3.8, 4) is 0 Å². The number of aliphatic hydroxyl groups excluding tert-OH is 1. The van der Waals surface area contributed by atoms with Crippen LogP contribution in [0.5, 0.6) is 0 Å². The van der Waals surface area contributed by atoms with Crippen molar-refractivity contribution in [3.63, 3.8) is 0 Å². The van der Waals surface area contributed by atoms with E-state index in [1.54, 1.807) is 0 Å². The maximum Gasteiger partial charge on any atom is 0.0556 e. The van der Waals surface area contributed by atoms with Gasteiger partial charge >= 0.3 is 0 Å². The van der Waals surface area contributed by atoms with Gasteiger partial charge < -0.3 is 9.84 Å². The molecule has 1 aromatic rings. The number of benzene rings is 1. The summed E-state index contributed by atoms with van der Waals surface area (Å²) in [5.41, 5.74) is 1.14. The Labute approximate surface area is 105 Å². The van der Waals surface area contributed by atoms with Crippen molar-refractivity contribution in [3.05, 3.63) is 34.3 Å². The van der Waals surface area contributed by atoms with Gasteiger partial charge in [0.15, 0.2) is 0 Å². The number of aliphatic hydroxyl groups is 1. The van der Waals surface area contributed by atoms with Crippen LogP contribution in [0.4, 0.5) is 0 Å². The predicted molar refractivity (Wildman–Crippen MR) is 67.5 cm³/mol. The Balaban J connectivity index is 1.84. The fourth-order valence-electron chi connectivity index (χ4n) is 1.65. The van der Waals surface area contributed by atoms with E-state index in [0.29, 0.717) is 6.61 Å². The summed E-state index contributed by atoms with van der Waals surface area (Å²) >= 11 is 3.40. The Morgan fingerprint density at radius 3 is 2.56 bits per heavy atom. The van der Waals surface area contributed by atoms with Crippen molar-refractivity contribution in [2.24, 2.45) is 5.92 Å². The first-order chi connectivity index (χ1) is 7.79. The van der Waals surface area contributed by atoms with Gasteiger partial charge in [-0.2, -0.15) is 0 Å². The monoisotopic (exact) mass is 284 g/mol. The van der Waals surface area contributed by atoms with E-state index in [2.05, 4.69) is 15.9 Å². The van der Waals surface area contributed by atoms with Gasteiger partial charge in [0.05, 0.1) is 13.2 Å². The molecule has 0 heterocycles. The Kier molecular flexibility index (Phi) is 4.38. The lowest BCUT2D eigenvalue weighted by atomic mass is 10.0. The smallest absolute Gasteiger partial charge is 0.0556 e. The molecule has 0 amide bonds. The molecule has 1 atom stereocenters. The summed E-state index contributed by atoms with van der Waals surface area (Å²) in [6, 6.07) is 8.06. The molecule has 0 spiro atoms. The molecule has 1 aliphatic rings. The molecule has 1 aliphatic carbocycles. The van der Waals surface area contributed by atoms with Crippen molar-refractivity contribution in [2.75, 3.05) is 19.8 Å². The molecule has 1 aromatic carbocycles. The van der Waals surface area contributed by atoms with Crippen molar-refractivity contribution in [2.45, 2.75) is 18.8 Å². The van der Waals surface area contributed by atoms with Crippen LogP contribution in [0.15, 0.2) is 28.7 Å². The second-order valence-electron chi connectivity index (χ2n) is 4.41. The van der Waals surface area contributed by atoms with Gasteiger partial charge in [0.1, 0.15) is 0 Å². The lowest BCUT2D eigenvalue weighted by Gasteiger charge is -2.15. The van der Waals surface area contributed by atoms with E-state index >= 15 is 0 Å². The molecule has 0 aliphatic heterocycles. The van der Waals surface area contributed by atoms with E-state index in [1.807, 2.05) is 24.3 Å². The van der Waals surface area contributed by atoms with E-state index in [1.165, 1.54) is 12.8 Å². The molecule has 3 heteroatoms. The molecule has 1 N–H and O–H groups in total. The SMILES string of the molecule is OCC(COCC1CC1)c1ccc(Br)cc1. The zero-order valence-electron chi connectivity index (χ0n) is 9.23. The zero-order chi connectivity index (χ0) is 11.4. The van der Waals surface area contributed by atoms with E-state index in [0.717, 1.165) is 22.6 Å². The summed E-state index contributed by atoms with van der Waals surface area (Å²) in [6.45, 7) is 1.62. The van der Waals surface area contributed by atoms with Gasteiger partial charge in [-0.05, 0) is 36.5 Å². The molecule has 2 rings (SSSR count). The third-order valence-corrected chi connectivity index (χ3v) is 3.46. The number of hydrogen-bond donors (Lipinski definition) is 1. The summed E-state index contributed by atoms with van der Waals surface area (Å²) < 4.78 is 6.69. The Hall–Kier alpha value is -0.380. The minimum Gasteiger partial charge on any atom is -0.396 e. The van der Waals surface area contributed by atoms with Crippen molar-refractivity contribution in [1.29, 1.82) is 0 Å². The normalized spacial score (nSPS) is 17.4. The van der Waals surface area contributed by atoms with Gasteiger partial charge in [0.2, 0.25) is 0 Å². The van der Waals surface area contributed by atoms with Gasteiger partial charge in [0, 0.05) is 17.0 Å². The Morgan fingerprint density at radius 1 is 1.31 bits per heavy atom. The molecule has 0 radical (unpaired) electrons. The fourth-order valence-corrected chi connectivity index (χ4v) is 1.92. The quantitative estimate of drug-likeness (QED) is 0.870. The number of hydrogen-bond acceptors (Lipinski definition) is 2. The molecular weight excluding hydrogens is 268 g/mol. The summed E-state index contributed by atoms with van der Waals surface area (Å²) in [4.78, 5) is 0. The van der Waals surface area contributed by atoms with Gasteiger partial charge in [-0.25, -0.2) is 0 Å². The Bertz CT molecular complexity index is 319. The average molecular weight is 285 g/mol. The highest BCUT2D eigenvalue weighted by molar-refractivity contribution is 9.10. The topological polar surface area (TPSA) is 29.5 Å². The molecule has 1 unspecified atom stereocenters. The van der Waals surface area contributed by atoms with Crippen LogP contribution in [0, 0.1) is 5.92 Å². The second kappa shape index (κ2) is 5.80. The molecule has 1 saturated carbocycles. The lowest BCUT2D eigenvalue weighted by molar-refractivity contribution is 0.0921. The van der Waals surface area contributed by atoms with Gasteiger partial charge in [0.25, 0.3) is 0 Å². The number of halogens is 1. The highest BCUT2D eigenvalue weighted by Gasteiger charge is 2.22. The highest BCUT2D eigenvalue weighted by Crippen LogP contribution is 2.29. The molecule has 16 heavy (non-hydrogen) atoms. The highest BCUT2D eigenvalue weighted by atomic mass is 79.9. The predicted octanol–water partition coefficient (Wildman–Crippen LogP) is 2.95. The van der Waals surface area contributed by atoms with E-state index < -0.39 is 0 Å². The molecule has 0 saturated heterocycles. The van der Waals surface area contributed by atoms with Crippen LogP contribution in [0.3, 0.4) is 0 Å². The number of rotatable bonds is 6. The molecule has 88 valence electrons. The third kappa shape index (κ3) is 3.58. The van der Waals surface area contributed by atoms with Crippen molar-refractivity contribution < 1.29 is 9.84 Å². The molecular formula is C13H17BrO2. The Morgan fingerprint density at radius 2 is 2.00 bits per heavy atom. The van der Waals surface area contributed by atoms with Crippen LogP contribution in [-0.2, 0) is 4.74 Å². The minimum atomic E-state index is 0.104. The third-order valence-electron chi connectivity index (χ3n) is 2.93. The van der Waals surface area contributed by atoms with Crippen molar-refractivity contribution >= 4 is 15.9 Å². The van der Waals surface area contributed by atoms with E-state index in [-0.39, 0.29) is 12.5 Å². The fraction of sp³-hybridized carbons (Fsp3) is 0.538. The van der Waals surface area contributed by atoms with Crippen LogP contribution >= 0.6 is 15.9 Å². The van der Waals surface area contributed by atoms with E-state index in [9.17, 15) is 5.11 Å². The first-order valence-corrected chi connectivity index (χ1v) is 6.53. The minimum absolute atomic E-state index is 0.104. The standard InChI is InChI=1S/C13H17BrO2/c14-13-5-3-11(4-6-13)12(7-15)9-16-8-10-1-2-10/h3-6,10,12,15H,1-2,7-9H2. The summed E-state index contributed by atoms with van der Waals surface area (Å²) in [5, 5.41) is 9.34. The lowest BCUT2D eigenvalue weighted by Crippen LogP contribution is -2.13. The number of ether oxygens (including phenoxy) is 1. The molecule has 0 aromatic heterocycles. The largest absolute Gasteiger partial charge is 0.396 e. The molecule has 2 nitrogen and oxygen atoms in total. The molecule has 1 fully saturated rings. The second-order valence-corrected chi connectivity index (χ2v) is 5.33. The summed E-state index contributed by atoms with van der Waals surface area (Å²) in [7, 11) is 0. The zero-order valence-corrected chi connectivity index (χ0v) is 10.8. The van der Waals surface area contributed by atoms with Crippen LogP contribution in [0.25, 0.3) is 0 Å². The first-order valence-electron chi connectivity index (χ1n) is 5.73. The first kappa shape index (κ1) is 12.1. The maximum absolute atomic E-state index is 9.34. The van der Waals surface area contributed by atoms with Gasteiger partial charge in [-0.1, -0.05) is 28.1 Å². The van der Waals surface area contributed by atoms with Crippen LogP contribution in [0.1, 0.15) is 24.3 Å². The van der Waals surface area contributed by atoms with Crippen LogP contribution in [0.2, 0.25) is 0 Å².